The molecule has 7 rings (SSSR count). The first-order chi connectivity index (χ1) is 23.9. The van der Waals surface area contributed by atoms with E-state index in [9.17, 15) is 0 Å². The number of hydrogen-bond acceptors (Lipinski definition) is 10. The number of piperazine rings is 1. The smallest absolute Gasteiger partial charge is 0.217 e. The largest absolute Gasteiger partial charge is 0.491 e. The summed E-state index contributed by atoms with van der Waals surface area (Å²) in [5, 5.41) is 6.25. The lowest BCUT2D eigenvalue weighted by Crippen LogP contribution is -2.46. The molecule has 0 aliphatic carbocycles. The van der Waals surface area contributed by atoms with Crippen LogP contribution in [0.1, 0.15) is 12.5 Å². The Labute approximate surface area is 300 Å². The van der Waals surface area contributed by atoms with Crippen LogP contribution in [-0.4, -0.2) is 96.0 Å². The lowest BCUT2D eigenvalue weighted by molar-refractivity contribution is -0.190. The average Bonchev–Trinajstić information content (AvgIpc) is 3.89. The van der Waals surface area contributed by atoms with Crippen LogP contribution in [0.5, 0.6) is 5.75 Å². The summed E-state index contributed by atoms with van der Waals surface area (Å²) in [4.78, 5) is 16.1. The molecule has 3 aliphatic heterocycles. The number of hydrogen-bond donors (Lipinski definition) is 0. The predicted octanol–water partition coefficient (Wildman–Crippen LogP) is 6.29. The minimum atomic E-state index is -1.15. The van der Waals surface area contributed by atoms with Crippen LogP contribution in [0.25, 0.3) is 0 Å². The van der Waals surface area contributed by atoms with Crippen molar-refractivity contribution in [3.8, 4) is 5.75 Å². The van der Waals surface area contributed by atoms with Gasteiger partial charge in [0, 0.05) is 61.8 Å². The van der Waals surface area contributed by atoms with Gasteiger partial charge >= 0.3 is 0 Å². The topological polar surface area (TPSA) is 89.7 Å². The second kappa shape index (κ2) is 15.2. The summed E-state index contributed by atoms with van der Waals surface area (Å²) in [7, 11) is 1.76. The number of methoxy groups -OCH3 is 1. The highest BCUT2D eigenvalue weighted by atomic mass is 35.5. The van der Waals surface area contributed by atoms with Crippen LogP contribution in [0, 0.1) is 0 Å². The third kappa shape index (κ3) is 7.79. The molecule has 4 aromatic rings. The van der Waals surface area contributed by atoms with E-state index in [0.717, 1.165) is 55.9 Å². The number of ether oxygens (including phenoxy) is 4. The molecule has 11 nitrogen and oxygen atoms in total. The number of aromatic nitrogens is 3. The Morgan fingerprint density at radius 3 is 2.51 bits per heavy atom. The van der Waals surface area contributed by atoms with E-state index in [2.05, 4.69) is 68.1 Å². The summed E-state index contributed by atoms with van der Waals surface area (Å²) < 4.78 is 26.1. The maximum Gasteiger partial charge on any atom is 0.217 e. The number of amidine groups is 1. The minimum absolute atomic E-state index is 0.129. The Bertz CT molecular complexity index is 1740. The average molecular weight is 725 g/mol. The molecule has 1 aromatic heterocycles. The fraction of sp³-hybridized carbons (Fsp3) is 0.400. The van der Waals surface area contributed by atoms with Crippen molar-refractivity contribution in [1.82, 2.24) is 19.7 Å². The van der Waals surface area contributed by atoms with Gasteiger partial charge in [0.2, 0.25) is 5.79 Å². The van der Waals surface area contributed by atoms with E-state index in [-0.39, 0.29) is 18.1 Å². The number of aliphatic imine (C=N–C) groups is 1. The predicted molar refractivity (Wildman–Crippen MR) is 195 cm³/mol. The third-order valence-corrected chi connectivity index (χ3v) is 10.6. The number of nitrogens with zero attached hydrogens (tertiary/aromatic N) is 7. The highest BCUT2D eigenvalue weighted by Crippen LogP contribution is 2.40. The van der Waals surface area contributed by atoms with Crippen molar-refractivity contribution in [3.05, 3.63) is 95.0 Å². The number of likely N-dealkylation sites (N-methyl/N-ethyl adjacent to an activating group) is 1. The molecule has 3 unspecified atom stereocenters. The van der Waals surface area contributed by atoms with Gasteiger partial charge in [-0.05, 0) is 61.5 Å². The molecule has 3 aromatic carbocycles. The fourth-order valence-corrected chi connectivity index (χ4v) is 7.94. The molecule has 0 radical (unpaired) electrons. The van der Waals surface area contributed by atoms with E-state index in [4.69, 9.17) is 47.1 Å². The van der Waals surface area contributed by atoms with Crippen LogP contribution in [0.2, 0.25) is 10.0 Å². The first-order valence-corrected chi connectivity index (χ1v) is 18.0. The molecule has 0 saturated carbocycles. The van der Waals surface area contributed by atoms with Crippen LogP contribution in [0.4, 0.5) is 17.1 Å². The maximum absolute atomic E-state index is 6.59. The molecule has 0 bridgehead atoms. The van der Waals surface area contributed by atoms with Gasteiger partial charge in [-0.25, -0.2) is 14.7 Å². The van der Waals surface area contributed by atoms with Gasteiger partial charge in [0.25, 0.3) is 0 Å². The van der Waals surface area contributed by atoms with E-state index in [1.54, 1.807) is 42.0 Å². The third-order valence-electron chi connectivity index (χ3n) is 8.90. The lowest BCUT2D eigenvalue weighted by Gasteiger charge is -2.37. The Kier molecular flexibility index (Phi) is 10.5. The number of thioether (sulfide) groups is 1. The molecule has 3 atom stereocenters. The van der Waals surface area contributed by atoms with Crippen molar-refractivity contribution in [2.75, 3.05) is 69.4 Å². The fourth-order valence-electron chi connectivity index (χ4n) is 6.29. The van der Waals surface area contributed by atoms with Crippen LogP contribution >= 0.6 is 35.0 Å². The normalized spacial score (nSPS) is 23.5. The lowest BCUT2D eigenvalue weighted by atomic mass is 10.1. The Balaban J connectivity index is 0.930. The molecule has 0 N–H and O–H groups in total. The second-order valence-corrected chi connectivity index (χ2v) is 14.0. The first-order valence-electron chi connectivity index (χ1n) is 16.4. The highest BCUT2D eigenvalue weighted by molar-refractivity contribution is 8.14. The molecule has 258 valence electrons. The zero-order chi connectivity index (χ0) is 33.8. The molecule has 49 heavy (non-hydrogen) atoms. The summed E-state index contributed by atoms with van der Waals surface area (Å²) in [5.74, 6) is -0.384. The van der Waals surface area contributed by atoms with Crippen molar-refractivity contribution in [2.24, 2.45) is 4.99 Å². The zero-order valence-corrected chi connectivity index (χ0v) is 29.8. The van der Waals surface area contributed by atoms with Gasteiger partial charge in [-0.15, -0.1) is 0 Å². The summed E-state index contributed by atoms with van der Waals surface area (Å²) in [6.45, 7) is 8.54. The summed E-state index contributed by atoms with van der Waals surface area (Å²) in [6, 6.07) is 22.0. The van der Waals surface area contributed by atoms with Gasteiger partial charge in [0.15, 0.2) is 5.17 Å². The van der Waals surface area contributed by atoms with E-state index in [0.29, 0.717) is 28.8 Å². The van der Waals surface area contributed by atoms with Gasteiger partial charge in [0.05, 0.1) is 23.9 Å². The number of anilines is 2. The summed E-state index contributed by atoms with van der Waals surface area (Å²) in [6.07, 6.45) is 2.77. The molecular formula is C35H39Cl2N7O4S. The maximum atomic E-state index is 6.59. The van der Waals surface area contributed by atoms with Gasteiger partial charge in [-0.1, -0.05) is 47.1 Å². The monoisotopic (exact) mass is 723 g/mol. The Morgan fingerprint density at radius 1 is 1.00 bits per heavy atom. The van der Waals surface area contributed by atoms with Crippen LogP contribution in [-0.2, 0) is 26.5 Å². The van der Waals surface area contributed by atoms with Crippen molar-refractivity contribution in [3.63, 3.8) is 0 Å². The summed E-state index contributed by atoms with van der Waals surface area (Å²) >= 11 is 14.4. The van der Waals surface area contributed by atoms with Crippen LogP contribution in [0.3, 0.4) is 0 Å². The summed E-state index contributed by atoms with van der Waals surface area (Å²) in [5.41, 5.74) is 4.14. The Morgan fingerprint density at radius 2 is 1.80 bits per heavy atom. The van der Waals surface area contributed by atoms with Crippen molar-refractivity contribution in [1.29, 1.82) is 0 Å². The van der Waals surface area contributed by atoms with Gasteiger partial charge in [-0.3, -0.25) is 0 Å². The molecule has 14 heteroatoms. The standard InChI is InChI=1S/C35H39Cl2N7O4S/c1-3-41-19-33(45-2)49-34(41)40-26-5-4-6-28(18-26)43-15-13-42(14-16-43)27-8-10-29(11-9-27)46-20-30-21-47-35(48-30,22-44-24-38-23-39-44)31-12-7-25(36)17-32(31)37/h4-12,17-18,23-24,30,33H,3,13-16,19-22H2,1-2H3. The Hall–Kier alpha value is -3.52. The van der Waals surface area contributed by atoms with E-state index in [1.807, 2.05) is 18.2 Å². The van der Waals surface area contributed by atoms with Crippen LogP contribution in [0.15, 0.2) is 84.4 Å². The molecule has 4 heterocycles. The minimum Gasteiger partial charge on any atom is -0.491 e. The van der Waals surface area contributed by atoms with Gasteiger partial charge in [-0.2, -0.15) is 5.10 Å². The first kappa shape index (κ1) is 34.0. The molecule has 0 amide bonds. The van der Waals surface area contributed by atoms with E-state index in [1.165, 1.54) is 17.7 Å². The van der Waals surface area contributed by atoms with E-state index >= 15 is 0 Å². The molecular weight excluding hydrogens is 685 g/mol. The second-order valence-electron chi connectivity index (χ2n) is 12.0. The molecule has 3 fully saturated rings. The highest BCUT2D eigenvalue weighted by Gasteiger charge is 2.45. The van der Waals surface area contributed by atoms with Crippen molar-refractivity contribution >= 4 is 57.2 Å². The SMILES string of the molecule is CCN1CC(OC)SC1=Nc1cccc(N2CCN(c3ccc(OCC4COC(Cn5cncn5)(c5ccc(Cl)cc5Cl)O4)cc3)CC2)c1. The molecule has 3 aliphatic rings. The van der Waals surface area contributed by atoms with E-state index < -0.39 is 5.79 Å². The van der Waals surface area contributed by atoms with Crippen molar-refractivity contribution < 1.29 is 18.9 Å². The molecule has 0 spiro atoms. The zero-order valence-electron chi connectivity index (χ0n) is 27.5. The number of rotatable bonds is 11. The molecule has 3 saturated heterocycles. The van der Waals surface area contributed by atoms with Crippen LogP contribution < -0.4 is 14.5 Å². The van der Waals surface area contributed by atoms with Gasteiger partial charge < -0.3 is 33.6 Å². The van der Waals surface area contributed by atoms with Gasteiger partial charge in [0.1, 0.15) is 43.1 Å². The number of benzene rings is 3. The van der Waals surface area contributed by atoms with Crippen molar-refractivity contribution in [2.45, 2.75) is 30.8 Å². The number of halogens is 2. The quantitative estimate of drug-likeness (QED) is 0.176.